The summed E-state index contributed by atoms with van der Waals surface area (Å²) in [5, 5.41) is 40.7. The van der Waals surface area contributed by atoms with E-state index in [0.29, 0.717) is 64.5 Å². The first-order valence-electron chi connectivity index (χ1n) is 17.8. The van der Waals surface area contributed by atoms with E-state index in [2.05, 4.69) is 21.7 Å². The molecule has 0 unspecified atom stereocenters. The maximum absolute atomic E-state index is 12.2. The number of nitrogens with one attached hydrogen (secondary N) is 4. The van der Waals surface area contributed by atoms with E-state index in [4.69, 9.17) is 69.9 Å². The van der Waals surface area contributed by atoms with Crippen molar-refractivity contribution in [3.63, 3.8) is 0 Å². The Morgan fingerprint density at radius 1 is 0.397 bits per heavy atom. The van der Waals surface area contributed by atoms with E-state index in [9.17, 15) is 19.2 Å². The van der Waals surface area contributed by atoms with Gasteiger partial charge in [0.2, 0.25) is 23.6 Å². The van der Waals surface area contributed by atoms with Gasteiger partial charge < -0.3 is 0 Å². The zero-order valence-electron chi connectivity index (χ0n) is 34.5. The molecule has 312 valence electrons. The Kier molecular flexibility index (Phi) is 21.6. The van der Waals surface area contributed by atoms with Crippen molar-refractivity contribution >= 4 is 92.5 Å². The molecular formula is C42H36N12NaO4S4+. The molecule has 0 radical (unpaired) electrons. The van der Waals surface area contributed by atoms with Gasteiger partial charge in [-0.1, -0.05) is 97.4 Å². The van der Waals surface area contributed by atoms with Gasteiger partial charge in [-0.25, -0.2) is 0 Å². The van der Waals surface area contributed by atoms with Gasteiger partial charge in [-0.2, -0.15) is 21.0 Å². The molecule has 0 aliphatic heterocycles. The van der Waals surface area contributed by atoms with Crippen molar-refractivity contribution < 1.29 is 48.7 Å². The smallest absolute Gasteiger partial charge is 0.277 e. The molecule has 63 heavy (non-hydrogen) atoms. The molecule has 4 rings (SSSR count). The monoisotopic (exact) mass is 923 g/mol. The van der Waals surface area contributed by atoms with Crippen LogP contribution in [0.2, 0.25) is 0 Å². The van der Waals surface area contributed by atoms with Crippen LogP contribution in [0.4, 0.5) is 0 Å². The minimum absolute atomic E-state index is 0. The number of amides is 4. The van der Waals surface area contributed by atoms with Crippen LogP contribution in [-0.4, -0.2) is 91.8 Å². The fourth-order valence-corrected chi connectivity index (χ4v) is 5.65. The van der Waals surface area contributed by atoms with Gasteiger partial charge in [0, 0.05) is 50.4 Å². The number of nitrogens with zero attached hydrogens (tertiary/aromatic N) is 8. The van der Waals surface area contributed by atoms with E-state index in [-0.39, 0.29) is 29.6 Å². The SMILES string of the molecule is CN(NC(=O)CC(=O)NN(C)C(=S)c1ccc(C#N)cc1)C(=S)c1ccc(C#N)cc1.CN(NC(=O)CC(=O)NN(C)C(=S)c1ccc(C#N)cc1)C(=S)c1ccc(C#N)cc1.[Na+]. The molecule has 4 aromatic rings. The normalized spacial score (nSPS) is 9.40. The van der Waals surface area contributed by atoms with Crippen LogP contribution >= 0.6 is 48.9 Å². The van der Waals surface area contributed by atoms with Crippen LogP contribution in [0.5, 0.6) is 0 Å². The van der Waals surface area contributed by atoms with Crippen LogP contribution in [0, 0.1) is 45.3 Å². The first kappa shape index (κ1) is 52.4. The number of hydrogen-bond acceptors (Lipinski definition) is 12. The molecule has 0 fully saturated rings. The Bertz CT molecular complexity index is 2180. The van der Waals surface area contributed by atoms with Gasteiger partial charge in [0.25, 0.3) is 0 Å². The molecule has 0 spiro atoms. The second kappa shape index (κ2) is 25.9. The van der Waals surface area contributed by atoms with Crippen molar-refractivity contribution in [2.24, 2.45) is 0 Å². The van der Waals surface area contributed by atoms with E-state index in [0.717, 1.165) is 0 Å². The number of nitriles is 4. The number of thiocarbonyl (C=S) groups is 4. The predicted octanol–water partition coefficient (Wildman–Crippen LogP) is 0.599. The quantitative estimate of drug-likeness (QED) is 0.0822. The fraction of sp³-hybridized carbons (Fsp3) is 0.143. The molecule has 0 atom stereocenters. The van der Waals surface area contributed by atoms with Crippen LogP contribution in [0.3, 0.4) is 0 Å². The molecule has 0 aromatic heterocycles. The summed E-state index contributed by atoms with van der Waals surface area (Å²) in [4.78, 5) is 50.1. The molecule has 4 amide bonds. The predicted molar refractivity (Wildman–Crippen MR) is 244 cm³/mol. The van der Waals surface area contributed by atoms with E-state index in [1.807, 2.05) is 24.3 Å². The number of hydrazine groups is 4. The number of rotatable bonds is 8. The molecule has 0 aliphatic carbocycles. The molecule has 21 heteroatoms. The molecule has 0 aliphatic rings. The van der Waals surface area contributed by atoms with Gasteiger partial charge in [-0.3, -0.25) is 60.9 Å². The van der Waals surface area contributed by atoms with Crippen LogP contribution in [-0.2, 0) is 19.2 Å². The third kappa shape index (κ3) is 16.6. The first-order chi connectivity index (χ1) is 29.5. The fourth-order valence-electron chi connectivity index (χ4n) is 4.93. The Balaban J connectivity index is 0.000000427. The summed E-state index contributed by atoms with van der Waals surface area (Å²) in [6.45, 7) is 0. The van der Waals surface area contributed by atoms with Crippen molar-refractivity contribution in [3.8, 4) is 24.3 Å². The number of hydrogen-bond donors (Lipinski definition) is 4. The van der Waals surface area contributed by atoms with Crippen LogP contribution in [0.15, 0.2) is 97.1 Å². The standard InChI is InChI=1S/2C21H18N6O2S2.Na/c2*1-26(20(30)16-7-3-14(12-22)4-8-16)24-18(28)11-19(29)25-27(2)21(31)17-9-5-15(13-23)6-10-17;/h2*3-10H,11H2,1-2H3,(H,24,28)(H,25,29);/q;;+1. The summed E-state index contributed by atoms with van der Waals surface area (Å²) >= 11 is 21.3. The third-order valence-electron chi connectivity index (χ3n) is 8.07. The van der Waals surface area contributed by atoms with Gasteiger partial charge >= 0.3 is 29.6 Å². The van der Waals surface area contributed by atoms with Gasteiger partial charge in [0.15, 0.2) is 0 Å². The summed E-state index contributed by atoms with van der Waals surface area (Å²) < 4.78 is 0. The molecule has 0 heterocycles. The third-order valence-corrected chi connectivity index (χ3v) is 10.1. The zero-order chi connectivity index (χ0) is 45.9. The van der Waals surface area contributed by atoms with Crippen molar-refractivity contribution in [3.05, 3.63) is 142 Å². The van der Waals surface area contributed by atoms with Gasteiger partial charge in [-0.15, -0.1) is 0 Å². The van der Waals surface area contributed by atoms with Crippen molar-refractivity contribution in [2.45, 2.75) is 12.8 Å². The Labute approximate surface area is 407 Å². The minimum Gasteiger partial charge on any atom is -0.277 e. The number of carbonyl (C=O) groups excluding carboxylic acids is 4. The molecule has 4 aromatic carbocycles. The van der Waals surface area contributed by atoms with Crippen molar-refractivity contribution in [2.75, 3.05) is 28.2 Å². The summed E-state index contributed by atoms with van der Waals surface area (Å²) in [5.41, 5.74) is 14.7. The topological polar surface area (TPSA) is 225 Å². The van der Waals surface area contributed by atoms with E-state index in [1.165, 1.54) is 20.0 Å². The molecule has 0 saturated heterocycles. The maximum Gasteiger partial charge on any atom is 1.00 e. The summed E-state index contributed by atoms with van der Waals surface area (Å²) in [7, 11) is 6.23. The van der Waals surface area contributed by atoms with Crippen LogP contribution < -0.4 is 51.3 Å². The van der Waals surface area contributed by atoms with Crippen LogP contribution in [0.1, 0.15) is 57.3 Å². The summed E-state index contributed by atoms with van der Waals surface area (Å²) in [5.74, 6) is -2.25. The average Bonchev–Trinajstić information content (AvgIpc) is 3.27. The molecule has 4 N–H and O–H groups in total. The van der Waals surface area contributed by atoms with Crippen molar-refractivity contribution in [1.82, 2.24) is 41.7 Å². The number of carbonyl (C=O) groups is 4. The van der Waals surface area contributed by atoms with Gasteiger partial charge in [0.05, 0.1) is 46.5 Å². The second-order valence-corrected chi connectivity index (χ2v) is 14.3. The Hall–Kier alpha value is -6.72. The largest absolute Gasteiger partial charge is 1.00 e. The molecule has 0 bridgehead atoms. The van der Waals surface area contributed by atoms with E-state index in [1.54, 1.807) is 125 Å². The average molecular weight is 924 g/mol. The molecule has 16 nitrogen and oxygen atoms in total. The summed E-state index contributed by atoms with van der Waals surface area (Å²) in [6.07, 6.45) is -0.888. The number of benzene rings is 4. The van der Waals surface area contributed by atoms with E-state index < -0.39 is 36.5 Å². The maximum atomic E-state index is 12.2. The zero-order valence-corrected chi connectivity index (χ0v) is 39.8. The second-order valence-electron chi connectivity index (χ2n) is 12.7. The molecule has 0 saturated carbocycles. The summed E-state index contributed by atoms with van der Waals surface area (Å²) in [6, 6.07) is 34.5. The van der Waals surface area contributed by atoms with Gasteiger partial charge in [-0.05, 0) is 48.5 Å². The minimum atomic E-state index is -0.561. The Morgan fingerprint density at radius 2 is 0.556 bits per heavy atom. The van der Waals surface area contributed by atoms with E-state index >= 15 is 0 Å². The Morgan fingerprint density at radius 3 is 0.698 bits per heavy atom. The van der Waals surface area contributed by atoms with Crippen molar-refractivity contribution in [1.29, 1.82) is 21.0 Å². The first-order valence-corrected chi connectivity index (χ1v) is 19.4. The van der Waals surface area contributed by atoms with Crippen LogP contribution in [0.25, 0.3) is 0 Å². The van der Waals surface area contributed by atoms with Gasteiger partial charge in [0.1, 0.15) is 32.8 Å². The molecular weight excluding hydrogens is 888 g/mol.